The lowest BCUT2D eigenvalue weighted by atomic mass is 9.96. The Labute approximate surface area is 123 Å². The average Bonchev–Trinajstić information content (AvgIpc) is 2.86. The minimum Gasteiger partial charge on any atom is -0.308 e. The van der Waals surface area contributed by atoms with Crippen LogP contribution in [0, 0.1) is 5.92 Å². The molecule has 0 bridgehead atoms. The molecule has 2 rings (SSSR count). The summed E-state index contributed by atoms with van der Waals surface area (Å²) in [5.41, 5.74) is 0.974. The molecule has 0 amide bonds. The molecule has 1 atom stereocenters. The van der Waals surface area contributed by atoms with Gasteiger partial charge in [-0.1, -0.05) is 26.2 Å². The molecule has 0 radical (unpaired) electrons. The van der Waals surface area contributed by atoms with Crippen molar-refractivity contribution in [1.29, 1.82) is 0 Å². The van der Waals surface area contributed by atoms with Gasteiger partial charge in [0.25, 0.3) is 0 Å². The molecule has 6 heteroatoms. The van der Waals surface area contributed by atoms with Crippen molar-refractivity contribution in [3.8, 4) is 0 Å². The van der Waals surface area contributed by atoms with Gasteiger partial charge in [-0.25, -0.2) is 0 Å². The first-order valence-corrected chi connectivity index (χ1v) is 7.75. The zero-order chi connectivity index (χ0) is 15.3. The van der Waals surface area contributed by atoms with Crippen molar-refractivity contribution in [2.75, 3.05) is 13.1 Å². The number of hydrogen-bond donors (Lipinski definition) is 1. The quantitative estimate of drug-likeness (QED) is 0.868. The highest BCUT2D eigenvalue weighted by Gasteiger charge is 2.26. The molecule has 1 unspecified atom stereocenters. The molecule has 0 saturated heterocycles. The zero-order valence-corrected chi connectivity index (χ0v) is 12.5. The van der Waals surface area contributed by atoms with Crippen LogP contribution in [0.15, 0.2) is 12.3 Å². The molecule has 0 aliphatic heterocycles. The first-order valence-electron chi connectivity index (χ1n) is 7.75. The third-order valence-electron chi connectivity index (χ3n) is 3.99. The molecule has 1 fully saturated rings. The van der Waals surface area contributed by atoms with Crippen molar-refractivity contribution in [1.82, 2.24) is 15.1 Å². The molecule has 120 valence electrons. The largest absolute Gasteiger partial charge is 0.401 e. The van der Waals surface area contributed by atoms with Gasteiger partial charge >= 0.3 is 6.18 Å². The van der Waals surface area contributed by atoms with Crippen LogP contribution >= 0.6 is 0 Å². The first-order chi connectivity index (χ1) is 9.94. The molecule has 1 aliphatic carbocycles. The second kappa shape index (κ2) is 7.29. The van der Waals surface area contributed by atoms with Gasteiger partial charge in [0, 0.05) is 6.20 Å². The van der Waals surface area contributed by atoms with Crippen LogP contribution in [0.2, 0.25) is 0 Å². The van der Waals surface area contributed by atoms with Crippen molar-refractivity contribution in [2.24, 2.45) is 5.92 Å². The topological polar surface area (TPSA) is 29.9 Å². The first kappa shape index (κ1) is 16.3. The lowest BCUT2D eigenvalue weighted by molar-refractivity contribution is -0.125. The summed E-state index contributed by atoms with van der Waals surface area (Å²) in [6.07, 6.45) is 4.80. The lowest BCUT2D eigenvalue weighted by Gasteiger charge is -2.21. The Bertz CT molecular complexity index is 422. The maximum absolute atomic E-state index is 12.1. The number of nitrogens with one attached hydrogen (secondary N) is 1. The molecule has 1 saturated carbocycles. The summed E-state index contributed by atoms with van der Waals surface area (Å²) >= 11 is 0. The normalized spacial score (nSPS) is 18.9. The Morgan fingerprint density at radius 3 is 2.71 bits per heavy atom. The fourth-order valence-electron chi connectivity index (χ4n) is 2.92. The third kappa shape index (κ3) is 5.69. The summed E-state index contributed by atoms with van der Waals surface area (Å²) in [4.78, 5) is 0. The lowest BCUT2D eigenvalue weighted by Crippen LogP contribution is -2.32. The molecule has 21 heavy (non-hydrogen) atoms. The summed E-state index contributed by atoms with van der Waals surface area (Å²) in [5.74, 6) is 0.141. The van der Waals surface area contributed by atoms with E-state index in [4.69, 9.17) is 0 Å². The van der Waals surface area contributed by atoms with E-state index in [0.29, 0.717) is 19.0 Å². The predicted octanol–water partition coefficient (Wildman–Crippen LogP) is 3.72. The van der Waals surface area contributed by atoms with Crippen LogP contribution in [0.5, 0.6) is 0 Å². The van der Waals surface area contributed by atoms with E-state index < -0.39 is 12.7 Å². The summed E-state index contributed by atoms with van der Waals surface area (Å²) < 4.78 is 38.2. The van der Waals surface area contributed by atoms with E-state index >= 15 is 0 Å². The maximum Gasteiger partial charge on any atom is 0.401 e. The van der Waals surface area contributed by atoms with Gasteiger partial charge in [0.05, 0.1) is 18.3 Å². The Balaban J connectivity index is 1.76. The fraction of sp³-hybridized carbons (Fsp3) is 0.800. The molecule has 1 heterocycles. The number of halogens is 3. The van der Waals surface area contributed by atoms with E-state index in [9.17, 15) is 13.2 Å². The third-order valence-corrected chi connectivity index (χ3v) is 3.99. The Kier molecular flexibility index (Phi) is 5.67. The van der Waals surface area contributed by atoms with Crippen molar-refractivity contribution in [2.45, 2.75) is 57.7 Å². The number of aromatic nitrogens is 2. The molecule has 1 aromatic rings. The van der Waals surface area contributed by atoms with E-state index in [1.54, 1.807) is 0 Å². The van der Waals surface area contributed by atoms with E-state index in [1.165, 1.54) is 32.1 Å². The molecule has 3 nitrogen and oxygen atoms in total. The fourth-order valence-corrected chi connectivity index (χ4v) is 2.92. The molecule has 1 aromatic heterocycles. The van der Waals surface area contributed by atoms with Crippen LogP contribution in [0.25, 0.3) is 0 Å². The van der Waals surface area contributed by atoms with Crippen molar-refractivity contribution in [3.63, 3.8) is 0 Å². The van der Waals surface area contributed by atoms with Crippen molar-refractivity contribution >= 4 is 0 Å². The highest BCUT2D eigenvalue weighted by atomic mass is 19.4. The number of rotatable bonds is 6. The van der Waals surface area contributed by atoms with E-state index in [0.717, 1.165) is 5.69 Å². The Hall–Kier alpha value is -1.04. The SMILES string of the molecule is CC(CNCC(F)(F)F)Cc1ccn(C2CCCCC2)n1. The molecule has 0 spiro atoms. The van der Waals surface area contributed by atoms with Gasteiger partial charge < -0.3 is 5.32 Å². The molecule has 1 aliphatic rings. The van der Waals surface area contributed by atoms with Gasteiger partial charge in [-0.2, -0.15) is 18.3 Å². The highest BCUT2D eigenvalue weighted by molar-refractivity contribution is 5.01. The van der Waals surface area contributed by atoms with Gasteiger partial charge in [0.2, 0.25) is 0 Å². The van der Waals surface area contributed by atoms with Crippen LogP contribution in [0.1, 0.15) is 50.8 Å². The monoisotopic (exact) mass is 303 g/mol. The number of alkyl halides is 3. The second-order valence-electron chi connectivity index (χ2n) is 6.13. The van der Waals surface area contributed by atoms with E-state index in [2.05, 4.69) is 10.4 Å². The van der Waals surface area contributed by atoms with Gasteiger partial charge in [-0.05, 0) is 37.8 Å². The Morgan fingerprint density at radius 2 is 2.05 bits per heavy atom. The highest BCUT2D eigenvalue weighted by Crippen LogP contribution is 2.27. The predicted molar refractivity (Wildman–Crippen MR) is 76.1 cm³/mol. The minimum atomic E-state index is -4.14. The van der Waals surface area contributed by atoms with Gasteiger partial charge in [0.15, 0.2) is 0 Å². The van der Waals surface area contributed by atoms with Crippen molar-refractivity contribution < 1.29 is 13.2 Å². The standard InChI is InChI=1S/C15H24F3N3/c1-12(10-19-11-15(16,17)18)9-13-7-8-21(20-13)14-5-3-2-4-6-14/h7-8,12,14,19H,2-6,9-11H2,1H3. The van der Waals surface area contributed by atoms with Crippen LogP contribution in [-0.4, -0.2) is 29.0 Å². The summed E-state index contributed by atoms with van der Waals surface area (Å²) in [6, 6.07) is 2.50. The average molecular weight is 303 g/mol. The smallest absolute Gasteiger partial charge is 0.308 e. The van der Waals surface area contributed by atoms with Crippen molar-refractivity contribution in [3.05, 3.63) is 18.0 Å². The number of nitrogens with zero attached hydrogens (tertiary/aromatic N) is 2. The van der Waals surface area contributed by atoms with Gasteiger partial charge in [-0.3, -0.25) is 4.68 Å². The van der Waals surface area contributed by atoms with Crippen LogP contribution in [0.3, 0.4) is 0 Å². The summed E-state index contributed by atoms with van der Waals surface area (Å²) in [5, 5.41) is 7.05. The summed E-state index contributed by atoms with van der Waals surface area (Å²) in [6.45, 7) is 1.38. The van der Waals surface area contributed by atoms with E-state index in [1.807, 2.05) is 23.9 Å². The number of hydrogen-bond acceptors (Lipinski definition) is 2. The second-order valence-corrected chi connectivity index (χ2v) is 6.13. The minimum absolute atomic E-state index is 0.141. The molecular formula is C15H24F3N3. The van der Waals surface area contributed by atoms with E-state index in [-0.39, 0.29) is 5.92 Å². The maximum atomic E-state index is 12.1. The van der Waals surface area contributed by atoms with Crippen LogP contribution in [-0.2, 0) is 6.42 Å². The van der Waals surface area contributed by atoms with Gasteiger partial charge in [0.1, 0.15) is 0 Å². The summed E-state index contributed by atoms with van der Waals surface area (Å²) in [7, 11) is 0. The molecule has 1 N–H and O–H groups in total. The van der Waals surface area contributed by atoms with Gasteiger partial charge in [-0.15, -0.1) is 0 Å². The van der Waals surface area contributed by atoms with Crippen LogP contribution < -0.4 is 5.32 Å². The zero-order valence-electron chi connectivity index (χ0n) is 12.5. The van der Waals surface area contributed by atoms with Crippen LogP contribution in [0.4, 0.5) is 13.2 Å². The Morgan fingerprint density at radius 1 is 1.33 bits per heavy atom. The molecule has 0 aromatic carbocycles. The molecular weight excluding hydrogens is 279 g/mol.